The molecule has 0 aromatic heterocycles. The third-order valence-electron chi connectivity index (χ3n) is 4.87. The van der Waals surface area contributed by atoms with Crippen molar-refractivity contribution in [2.24, 2.45) is 0 Å². The molecule has 0 radical (unpaired) electrons. The quantitative estimate of drug-likeness (QED) is 0.590. The van der Waals surface area contributed by atoms with Gasteiger partial charge in [0.15, 0.2) is 0 Å². The van der Waals surface area contributed by atoms with E-state index >= 15 is 0 Å². The van der Waals surface area contributed by atoms with E-state index in [1.165, 1.54) is 27.5 Å². The molecule has 1 nitrogen and oxygen atoms in total. The van der Waals surface area contributed by atoms with E-state index in [-0.39, 0.29) is 5.41 Å². The van der Waals surface area contributed by atoms with Crippen LogP contribution in [0.1, 0.15) is 16.7 Å². The summed E-state index contributed by atoms with van der Waals surface area (Å²) in [5, 5.41) is 2.65. The average Bonchev–Trinajstić information content (AvgIpc) is 2.88. The maximum absolute atomic E-state index is 6.02. The van der Waals surface area contributed by atoms with Crippen molar-refractivity contribution in [3.05, 3.63) is 77.4 Å². The van der Waals surface area contributed by atoms with Crippen molar-refractivity contribution in [2.75, 3.05) is 6.61 Å². The fourth-order valence-corrected chi connectivity index (χ4v) is 3.95. The molecule has 0 bridgehead atoms. The monoisotopic (exact) mass is 258 g/mol. The molecule has 5 rings (SSSR count). The molecule has 1 heterocycles. The fourth-order valence-electron chi connectivity index (χ4n) is 3.95. The van der Waals surface area contributed by atoms with Crippen LogP contribution in [0, 0.1) is 0 Å². The van der Waals surface area contributed by atoms with Gasteiger partial charge >= 0.3 is 0 Å². The molecule has 1 aliphatic carbocycles. The Morgan fingerprint density at radius 3 is 2.65 bits per heavy atom. The Hall–Kier alpha value is -2.28. The summed E-state index contributed by atoms with van der Waals surface area (Å²) in [7, 11) is 0. The van der Waals surface area contributed by atoms with Gasteiger partial charge in [-0.3, -0.25) is 0 Å². The second kappa shape index (κ2) is 3.43. The van der Waals surface area contributed by atoms with Gasteiger partial charge in [-0.15, -0.1) is 0 Å². The van der Waals surface area contributed by atoms with Crippen LogP contribution in [0.5, 0.6) is 5.75 Å². The standard InChI is InChI=1S/C19H14O/c1-3-7-15-13(5-1)9-10-17-18(15)19(12-20-17)11-14-6-2-4-8-16(14)19/h1-10H,11-12H2. The summed E-state index contributed by atoms with van der Waals surface area (Å²) in [4.78, 5) is 0. The molecular formula is C19H14O. The normalized spacial score (nSPS) is 22.2. The van der Waals surface area contributed by atoms with Gasteiger partial charge in [-0.05, 0) is 34.4 Å². The third-order valence-corrected chi connectivity index (χ3v) is 4.87. The summed E-state index contributed by atoms with van der Waals surface area (Å²) in [6.45, 7) is 0.785. The number of hydrogen-bond donors (Lipinski definition) is 0. The topological polar surface area (TPSA) is 9.23 Å². The molecule has 1 atom stereocenters. The Morgan fingerprint density at radius 1 is 0.850 bits per heavy atom. The lowest BCUT2D eigenvalue weighted by Gasteiger charge is -2.40. The molecule has 96 valence electrons. The van der Waals surface area contributed by atoms with Gasteiger partial charge in [-0.2, -0.15) is 0 Å². The summed E-state index contributed by atoms with van der Waals surface area (Å²) in [5.74, 6) is 1.07. The molecule has 3 aromatic rings. The molecule has 1 spiro atoms. The van der Waals surface area contributed by atoms with Gasteiger partial charge in [0.05, 0.1) is 5.41 Å². The molecule has 0 N–H and O–H groups in total. The highest BCUT2D eigenvalue weighted by atomic mass is 16.5. The van der Waals surface area contributed by atoms with E-state index in [0.717, 1.165) is 18.8 Å². The Labute approximate surface area is 117 Å². The van der Waals surface area contributed by atoms with Crippen LogP contribution in [-0.4, -0.2) is 6.61 Å². The first-order valence-electron chi connectivity index (χ1n) is 7.12. The number of ether oxygens (including phenoxy) is 1. The van der Waals surface area contributed by atoms with Crippen LogP contribution in [0.2, 0.25) is 0 Å². The molecule has 0 fully saturated rings. The SMILES string of the molecule is c1ccc2c(c1)CC21COc2ccc3ccccc3c21. The second-order valence-electron chi connectivity index (χ2n) is 5.86. The first kappa shape index (κ1) is 10.5. The first-order valence-corrected chi connectivity index (χ1v) is 7.12. The van der Waals surface area contributed by atoms with Crippen LogP contribution in [0.4, 0.5) is 0 Å². The van der Waals surface area contributed by atoms with Crippen LogP contribution >= 0.6 is 0 Å². The first-order chi connectivity index (χ1) is 9.88. The van der Waals surface area contributed by atoms with Crippen molar-refractivity contribution in [3.8, 4) is 5.75 Å². The highest BCUT2D eigenvalue weighted by Gasteiger charge is 2.50. The molecule has 0 amide bonds. The van der Waals surface area contributed by atoms with E-state index in [0.29, 0.717) is 0 Å². The molecule has 1 aliphatic heterocycles. The molecule has 1 unspecified atom stereocenters. The molecule has 0 saturated carbocycles. The van der Waals surface area contributed by atoms with Crippen molar-refractivity contribution in [1.82, 2.24) is 0 Å². The molecular weight excluding hydrogens is 244 g/mol. The van der Waals surface area contributed by atoms with Gasteiger partial charge in [0.1, 0.15) is 12.4 Å². The highest BCUT2D eigenvalue weighted by molar-refractivity contribution is 5.91. The Morgan fingerprint density at radius 2 is 1.70 bits per heavy atom. The molecule has 2 aliphatic rings. The average molecular weight is 258 g/mol. The zero-order chi connectivity index (χ0) is 13.2. The van der Waals surface area contributed by atoms with Gasteiger partial charge in [0.2, 0.25) is 0 Å². The lowest BCUT2D eigenvalue weighted by Crippen LogP contribution is -2.41. The van der Waals surface area contributed by atoms with Crippen molar-refractivity contribution in [1.29, 1.82) is 0 Å². The van der Waals surface area contributed by atoms with Crippen molar-refractivity contribution in [3.63, 3.8) is 0 Å². The van der Waals surface area contributed by atoms with Crippen LogP contribution < -0.4 is 4.74 Å². The number of fused-ring (bicyclic) bond motifs is 6. The van der Waals surface area contributed by atoms with Crippen molar-refractivity contribution < 1.29 is 4.74 Å². The minimum absolute atomic E-state index is 0.0901. The smallest absolute Gasteiger partial charge is 0.124 e. The minimum Gasteiger partial charge on any atom is -0.492 e. The molecule has 20 heavy (non-hydrogen) atoms. The van der Waals surface area contributed by atoms with E-state index in [4.69, 9.17) is 4.74 Å². The largest absolute Gasteiger partial charge is 0.492 e. The number of benzene rings is 3. The van der Waals surface area contributed by atoms with Gasteiger partial charge in [-0.25, -0.2) is 0 Å². The second-order valence-corrected chi connectivity index (χ2v) is 5.86. The lowest BCUT2D eigenvalue weighted by molar-refractivity contribution is 0.273. The van der Waals surface area contributed by atoms with Gasteiger partial charge in [0, 0.05) is 5.56 Å². The molecule has 1 heteroatoms. The zero-order valence-electron chi connectivity index (χ0n) is 11.1. The minimum atomic E-state index is 0.0901. The Balaban J connectivity index is 1.86. The van der Waals surface area contributed by atoms with Gasteiger partial charge < -0.3 is 4.74 Å². The van der Waals surface area contributed by atoms with Crippen molar-refractivity contribution in [2.45, 2.75) is 11.8 Å². The Bertz CT molecular complexity index is 849. The van der Waals surface area contributed by atoms with Crippen LogP contribution in [0.15, 0.2) is 60.7 Å². The predicted octanol–water partition coefficient (Wildman–Crippen LogP) is 4.07. The summed E-state index contributed by atoms with van der Waals surface area (Å²) in [6.07, 6.45) is 1.10. The summed E-state index contributed by atoms with van der Waals surface area (Å²) in [5.41, 5.74) is 4.41. The van der Waals surface area contributed by atoms with E-state index in [9.17, 15) is 0 Å². The Kier molecular flexibility index (Phi) is 1.80. The van der Waals surface area contributed by atoms with E-state index in [1.54, 1.807) is 0 Å². The molecule has 0 saturated heterocycles. The van der Waals surface area contributed by atoms with Crippen LogP contribution in [-0.2, 0) is 11.8 Å². The summed E-state index contributed by atoms with van der Waals surface area (Å²) >= 11 is 0. The van der Waals surface area contributed by atoms with Crippen LogP contribution in [0.25, 0.3) is 10.8 Å². The number of hydrogen-bond acceptors (Lipinski definition) is 1. The van der Waals surface area contributed by atoms with E-state index in [1.807, 2.05) is 0 Å². The summed E-state index contributed by atoms with van der Waals surface area (Å²) in [6, 6.07) is 21.7. The fraction of sp³-hybridized carbons (Fsp3) is 0.158. The van der Waals surface area contributed by atoms with Crippen LogP contribution in [0.3, 0.4) is 0 Å². The number of rotatable bonds is 0. The highest BCUT2D eigenvalue weighted by Crippen LogP contribution is 2.54. The van der Waals surface area contributed by atoms with Gasteiger partial charge in [-0.1, -0.05) is 54.6 Å². The zero-order valence-corrected chi connectivity index (χ0v) is 11.1. The molecule has 3 aromatic carbocycles. The third kappa shape index (κ3) is 1.10. The van der Waals surface area contributed by atoms with E-state index < -0.39 is 0 Å². The van der Waals surface area contributed by atoms with E-state index in [2.05, 4.69) is 60.7 Å². The maximum atomic E-state index is 6.02. The van der Waals surface area contributed by atoms with Crippen molar-refractivity contribution >= 4 is 10.8 Å². The van der Waals surface area contributed by atoms with Gasteiger partial charge in [0.25, 0.3) is 0 Å². The maximum Gasteiger partial charge on any atom is 0.124 e. The lowest BCUT2D eigenvalue weighted by atomic mass is 9.61. The predicted molar refractivity (Wildman–Crippen MR) is 80.4 cm³/mol. The summed E-state index contributed by atoms with van der Waals surface area (Å²) < 4.78 is 6.02.